The molecule has 0 bridgehead atoms. The molecule has 2 aromatic rings. The first-order valence-corrected chi connectivity index (χ1v) is 11.6. The van der Waals surface area contributed by atoms with E-state index in [9.17, 15) is 18.0 Å². The Morgan fingerprint density at radius 1 is 1.13 bits per heavy atom. The largest absolute Gasteiger partial charge is 0.497 e. The third-order valence-electron chi connectivity index (χ3n) is 4.89. The number of ether oxygens (including phenoxy) is 1. The Morgan fingerprint density at radius 3 is 2.29 bits per heavy atom. The zero-order valence-corrected chi connectivity index (χ0v) is 19.3. The molecule has 2 aromatic carbocycles. The molecule has 0 aromatic heterocycles. The third kappa shape index (κ3) is 6.45. The number of carbonyl (C=O) groups is 2. The molecule has 1 atom stereocenters. The Kier molecular flexibility index (Phi) is 8.04. The number of hydrogen-bond acceptors (Lipinski definition) is 5. The highest BCUT2D eigenvalue weighted by Gasteiger charge is 2.29. The van der Waals surface area contributed by atoms with Gasteiger partial charge in [0, 0.05) is 13.6 Å². The number of benzene rings is 2. The summed E-state index contributed by atoms with van der Waals surface area (Å²) in [6.07, 6.45) is 1.05. The third-order valence-corrected chi connectivity index (χ3v) is 6.04. The monoisotopic (exact) mass is 447 g/mol. The summed E-state index contributed by atoms with van der Waals surface area (Å²) in [5.41, 5.74) is 2.05. The number of anilines is 1. The molecule has 0 spiro atoms. The number of carbonyl (C=O) groups excluding carboxylic acids is 2. The number of hydrogen-bond donors (Lipinski definition) is 1. The van der Waals surface area contributed by atoms with E-state index < -0.39 is 28.5 Å². The molecule has 9 heteroatoms. The molecule has 0 saturated carbocycles. The maximum absolute atomic E-state index is 13.3. The van der Waals surface area contributed by atoms with Crippen LogP contribution in [0, 0.1) is 6.92 Å². The fraction of sp³-hybridized carbons (Fsp3) is 0.364. The Labute approximate surface area is 183 Å². The number of likely N-dealkylation sites (N-methyl/N-ethyl adjacent to an activating group) is 1. The summed E-state index contributed by atoms with van der Waals surface area (Å²) in [6.45, 7) is 3.18. The van der Waals surface area contributed by atoms with Crippen LogP contribution in [0.25, 0.3) is 0 Å². The second kappa shape index (κ2) is 10.3. The number of methoxy groups -OCH3 is 1. The SMILES string of the molecule is CNC(=O)C(C)N(Cc1ccc(OC)cc1)C(=O)CN(c1cccc(C)c1)S(C)(=O)=O. The van der Waals surface area contributed by atoms with E-state index in [0.717, 1.165) is 21.7 Å². The lowest BCUT2D eigenvalue weighted by Gasteiger charge is -2.31. The van der Waals surface area contributed by atoms with Crippen LogP contribution in [-0.4, -0.2) is 58.1 Å². The standard InChI is InChI=1S/C22H29N3O5S/c1-16-7-6-8-19(13-16)25(31(5,28)29)15-21(26)24(17(2)22(27)23-3)14-18-9-11-20(30-4)12-10-18/h6-13,17H,14-15H2,1-5H3,(H,23,27). The minimum absolute atomic E-state index is 0.142. The van der Waals surface area contributed by atoms with Gasteiger partial charge in [-0.05, 0) is 49.2 Å². The maximum atomic E-state index is 13.3. The van der Waals surface area contributed by atoms with Crippen LogP contribution in [0.3, 0.4) is 0 Å². The van der Waals surface area contributed by atoms with Crippen LogP contribution in [-0.2, 0) is 26.2 Å². The first-order valence-electron chi connectivity index (χ1n) is 9.75. The molecule has 0 aliphatic carbocycles. The van der Waals surface area contributed by atoms with Gasteiger partial charge in [0.2, 0.25) is 21.8 Å². The Balaban J connectivity index is 2.36. The highest BCUT2D eigenvalue weighted by atomic mass is 32.2. The summed E-state index contributed by atoms with van der Waals surface area (Å²) in [4.78, 5) is 26.9. The molecule has 2 amide bonds. The van der Waals surface area contributed by atoms with Crippen molar-refractivity contribution in [3.8, 4) is 5.75 Å². The van der Waals surface area contributed by atoms with Gasteiger partial charge in [-0.2, -0.15) is 0 Å². The molecule has 31 heavy (non-hydrogen) atoms. The second-order valence-electron chi connectivity index (χ2n) is 7.27. The van der Waals surface area contributed by atoms with Crippen molar-refractivity contribution in [1.29, 1.82) is 0 Å². The van der Waals surface area contributed by atoms with Crippen molar-refractivity contribution in [3.63, 3.8) is 0 Å². The van der Waals surface area contributed by atoms with Crippen molar-refractivity contribution in [1.82, 2.24) is 10.2 Å². The van der Waals surface area contributed by atoms with E-state index in [1.54, 1.807) is 56.5 Å². The Bertz CT molecular complexity index is 1020. The summed E-state index contributed by atoms with van der Waals surface area (Å²) in [7, 11) is -0.678. The van der Waals surface area contributed by atoms with Gasteiger partial charge in [-0.25, -0.2) is 8.42 Å². The lowest BCUT2D eigenvalue weighted by Crippen LogP contribution is -2.50. The molecule has 8 nitrogen and oxygen atoms in total. The zero-order chi connectivity index (χ0) is 23.2. The number of sulfonamides is 1. The van der Waals surface area contributed by atoms with Crippen LogP contribution >= 0.6 is 0 Å². The summed E-state index contributed by atoms with van der Waals surface area (Å²) in [5, 5.41) is 2.54. The smallest absolute Gasteiger partial charge is 0.244 e. The molecule has 168 valence electrons. The molecule has 0 saturated heterocycles. The molecular weight excluding hydrogens is 418 g/mol. The van der Waals surface area contributed by atoms with E-state index in [1.165, 1.54) is 11.9 Å². The molecule has 0 aliphatic heterocycles. The fourth-order valence-electron chi connectivity index (χ4n) is 3.12. The number of amides is 2. The van der Waals surface area contributed by atoms with Gasteiger partial charge < -0.3 is 15.0 Å². The van der Waals surface area contributed by atoms with E-state index >= 15 is 0 Å². The van der Waals surface area contributed by atoms with Crippen molar-refractivity contribution in [2.45, 2.75) is 26.4 Å². The number of nitrogens with one attached hydrogen (secondary N) is 1. The molecule has 2 rings (SSSR count). The van der Waals surface area contributed by atoms with Crippen molar-refractivity contribution in [2.24, 2.45) is 0 Å². The van der Waals surface area contributed by atoms with Gasteiger partial charge in [-0.3, -0.25) is 13.9 Å². The molecule has 0 heterocycles. The van der Waals surface area contributed by atoms with E-state index in [-0.39, 0.29) is 12.5 Å². The lowest BCUT2D eigenvalue weighted by molar-refractivity contribution is -0.139. The maximum Gasteiger partial charge on any atom is 0.244 e. The fourth-order valence-corrected chi connectivity index (χ4v) is 3.96. The Morgan fingerprint density at radius 2 is 1.77 bits per heavy atom. The van der Waals surface area contributed by atoms with Crippen molar-refractivity contribution in [3.05, 3.63) is 59.7 Å². The molecule has 1 N–H and O–H groups in total. The molecular formula is C22H29N3O5S. The summed E-state index contributed by atoms with van der Waals surface area (Å²) in [6, 6.07) is 13.2. The van der Waals surface area contributed by atoms with E-state index in [4.69, 9.17) is 4.74 Å². The van der Waals surface area contributed by atoms with Crippen LogP contribution < -0.4 is 14.4 Å². The molecule has 0 fully saturated rings. The van der Waals surface area contributed by atoms with E-state index in [2.05, 4.69) is 5.32 Å². The zero-order valence-electron chi connectivity index (χ0n) is 18.5. The highest BCUT2D eigenvalue weighted by molar-refractivity contribution is 7.92. The highest BCUT2D eigenvalue weighted by Crippen LogP contribution is 2.20. The number of rotatable bonds is 9. The first-order chi connectivity index (χ1) is 14.6. The van der Waals surface area contributed by atoms with Gasteiger partial charge >= 0.3 is 0 Å². The van der Waals surface area contributed by atoms with Crippen LogP contribution in [0.1, 0.15) is 18.1 Å². The number of aryl methyl sites for hydroxylation is 1. The van der Waals surface area contributed by atoms with Crippen LogP contribution in [0.5, 0.6) is 5.75 Å². The molecule has 1 unspecified atom stereocenters. The minimum Gasteiger partial charge on any atom is -0.497 e. The van der Waals surface area contributed by atoms with Gasteiger partial charge in [0.25, 0.3) is 0 Å². The van der Waals surface area contributed by atoms with Crippen molar-refractivity contribution in [2.75, 3.05) is 31.3 Å². The van der Waals surface area contributed by atoms with Gasteiger partial charge in [-0.15, -0.1) is 0 Å². The molecule has 0 aliphatic rings. The second-order valence-corrected chi connectivity index (χ2v) is 9.18. The lowest BCUT2D eigenvalue weighted by atomic mass is 10.1. The normalized spacial score (nSPS) is 12.0. The average molecular weight is 448 g/mol. The van der Waals surface area contributed by atoms with E-state index in [0.29, 0.717) is 11.4 Å². The van der Waals surface area contributed by atoms with Crippen LogP contribution in [0.4, 0.5) is 5.69 Å². The van der Waals surface area contributed by atoms with Gasteiger partial charge in [-0.1, -0.05) is 24.3 Å². The summed E-state index contributed by atoms with van der Waals surface area (Å²) < 4.78 is 31.1. The van der Waals surface area contributed by atoms with Crippen LogP contribution in [0.2, 0.25) is 0 Å². The quantitative estimate of drug-likeness (QED) is 0.634. The summed E-state index contributed by atoms with van der Waals surface area (Å²) in [5.74, 6) is -0.161. The van der Waals surface area contributed by atoms with Crippen molar-refractivity contribution >= 4 is 27.5 Å². The molecule has 0 radical (unpaired) electrons. The minimum atomic E-state index is -3.73. The van der Waals surface area contributed by atoms with Gasteiger partial charge in [0.1, 0.15) is 18.3 Å². The summed E-state index contributed by atoms with van der Waals surface area (Å²) >= 11 is 0. The van der Waals surface area contributed by atoms with Crippen LogP contribution in [0.15, 0.2) is 48.5 Å². The number of nitrogens with zero attached hydrogens (tertiary/aromatic N) is 2. The van der Waals surface area contributed by atoms with Gasteiger partial charge in [0.05, 0.1) is 19.1 Å². The predicted octanol–water partition coefficient (Wildman–Crippen LogP) is 1.93. The average Bonchev–Trinajstić information content (AvgIpc) is 2.74. The first kappa shape index (κ1) is 24.2. The van der Waals surface area contributed by atoms with E-state index in [1.807, 2.05) is 13.0 Å². The van der Waals surface area contributed by atoms with Crippen molar-refractivity contribution < 1.29 is 22.7 Å². The Hall–Kier alpha value is -3.07. The predicted molar refractivity (Wildman–Crippen MR) is 120 cm³/mol. The van der Waals surface area contributed by atoms with Gasteiger partial charge in [0.15, 0.2) is 0 Å². The topological polar surface area (TPSA) is 96.0 Å².